The van der Waals surface area contributed by atoms with Crippen molar-refractivity contribution < 1.29 is 9.47 Å². The van der Waals surface area contributed by atoms with Crippen LogP contribution in [0.25, 0.3) is 34.2 Å². The molecule has 9 nitrogen and oxygen atoms in total. The van der Waals surface area contributed by atoms with Crippen LogP contribution >= 0.6 is 0 Å². The molecule has 0 fully saturated rings. The molecule has 0 saturated heterocycles. The second-order valence-corrected chi connectivity index (χ2v) is 6.82. The monoisotopic (exact) mass is 413 g/mol. The summed E-state index contributed by atoms with van der Waals surface area (Å²) in [6.07, 6.45) is 6.86. The zero-order chi connectivity index (χ0) is 21.4. The molecule has 9 heteroatoms. The predicted octanol–water partition coefficient (Wildman–Crippen LogP) is 3.36. The van der Waals surface area contributed by atoms with Crippen molar-refractivity contribution in [3.63, 3.8) is 0 Å². The van der Waals surface area contributed by atoms with Gasteiger partial charge in [0.05, 0.1) is 31.3 Å². The maximum atomic E-state index is 5.44. The first-order valence-electron chi connectivity index (χ1n) is 9.58. The average Bonchev–Trinajstić information content (AvgIpc) is 3.45. The zero-order valence-corrected chi connectivity index (χ0v) is 17.2. The number of aryl methyl sites for hydroxylation is 1. The van der Waals surface area contributed by atoms with Gasteiger partial charge in [-0.15, -0.1) is 0 Å². The average molecular weight is 413 g/mol. The molecule has 1 aromatic carbocycles. The van der Waals surface area contributed by atoms with Crippen LogP contribution in [0, 0.1) is 6.92 Å². The summed E-state index contributed by atoms with van der Waals surface area (Å²) in [6, 6.07) is 11.4. The fourth-order valence-corrected chi connectivity index (χ4v) is 3.47. The molecule has 5 rings (SSSR count). The minimum absolute atomic E-state index is 0.528. The Balaban J connectivity index is 1.64. The molecule has 4 aromatic heterocycles. The lowest BCUT2D eigenvalue weighted by Crippen LogP contribution is -2.02. The summed E-state index contributed by atoms with van der Waals surface area (Å²) >= 11 is 0. The molecule has 5 aromatic rings. The van der Waals surface area contributed by atoms with Crippen LogP contribution < -0.4 is 9.47 Å². The molecule has 0 aliphatic heterocycles. The first kappa shape index (κ1) is 18.7. The molecule has 0 atom stereocenters. The number of rotatable bonds is 5. The van der Waals surface area contributed by atoms with E-state index in [1.165, 1.54) is 0 Å². The van der Waals surface area contributed by atoms with Crippen molar-refractivity contribution in [2.24, 2.45) is 0 Å². The van der Waals surface area contributed by atoms with E-state index in [9.17, 15) is 0 Å². The SMILES string of the molecule is COc1ccc(-c2ccc3nc(C)c(-c4ccnc(-n5ccnc5)n4)n3n2)cc1OC. The van der Waals surface area contributed by atoms with Crippen LogP contribution in [0.15, 0.2) is 61.3 Å². The zero-order valence-electron chi connectivity index (χ0n) is 17.2. The van der Waals surface area contributed by atoms with Crippen LogP contribution in [0.5, 0.6) is 11.5 Å². The topological polar surface area (TPSA) is 92.2 Å². The third kappa shape index (κ3) is 3.25. The fraction of sp³-hybridized carbons (Fsp3) is 0.136. The number of hydrogen-bond acceptors (Lipinski definition) is 7. The molecule has 0 unspecified atom stereocenters. The molecule has 0 aliphatic carbocycles. The highest BCUT2D eigenvalue weighted by molar-refractivity contribution is 5.68. The minimum atomic E-state index is 0.528. The van der Waals surface area contributed by atoms with Crippen molar-refractivity contribution in [2.75, 3.05) is 14.2 Å². The molecule has 31 heavy (non-hydrogen) atoms. The lowest BCUT2D eigenvalue weighted by atomic mass is 10.1. The Kier molecular flexibility index (Phi) is 4.55. The number of hydrogen-bond donors (Lipinski definition) is 0. The molecule has 0 bridgehead atoms. The summed E-state index contributed by atoms with van der Waals surface area (Å²) in [6.45, 7) is 1.94. The normalized spacial score (nSPS) is 11.1. The molecule has 154 valence electrons. The minimum Gasteiger partial charge on any atom is -0.493 e. The third-order valence-corrected chi connectivity index (χ3v) is 4.95. The number of fused-ring (bicyclic) bond motifs is 1. The van der Waals surface area contributed by atoms with E-state index in [1.54, 1.807) is 48.2 Å². The molecular weight excluding hydrogens is 394 g/mol. The highest BCUT2D eigenvalue weighted by Gasteiger charge is 2.16. The highest BCUT2D eigenvalue weighted by atomic mass is 16.5. The third-order valence-electron chi connectivity index (χ3n) is 4.95. The number of aromatic nitrogens is 7. The summed E-state index contributed by atoms with van der Waals surface area (Å²) in [4.78, 5) is 17.8. The van der Waals surface area contributed by atoms with E-state index in [0.29, 0.717) is 17.4 Å². The molecule has 0 saturated carbocycles. The molecule has 0 aliphatic rings. The van der Waals surface area contributed by atoms with Crippen LogP contribution in [0.3, 0.4) is 0 Å². The van der Waals surface area contributed by atoms with Crippen LogP contribution in [0.2, 0.25) is 0 Å². The van der Waals surface area contributed by atoms with Gasteiger partial charge >= 0.3 is 0 Å². The van der Waals surface area contributed by atoms with Gasteiger partial charge in [0.1, 0.15) is 12.0 Å². The smallest absolute Gasteiger partial charge is 0.235 e. The predicted molar refractivity (Wildman–Crippen MR) is 114 cm³/mol. The Morgan fingerprint density at radius 2 is 1.74 bits per heavy atom. The van der Waals surface area contributed by atoms with Crippen LogP contribution in [-0.2, 0) is 0 Å². The second-order valence-electron chi connectivity index (χ2n) is 6.82. The lowest BCUT2D eigenvalue weighted by molar-refractivity contribution is 0.355. The van der Waals surface area contributed by atoms with Gasteiger partial charge in [-0.1, -0.05) is 0 Å². The van der Waals surface area contributed by atoms with Crippen molar-refractivity contribution in [1.82, 2.24) is 34.1 Å². The van der Waals surface area contributed by atoms with Gasteiger partial charge in [0.2, 0.25) is 5.95 Å². The van der Waals surface area contributed by atoms with Gasteiger partial charge in [-0.2, -0.15) is 5.10 Å². The van der Waals surface area contributed by atoms with E-state index in [0.717, 1.165) is 34.0 Å². The van der Waals surface area contributed by atoms with Gasteiger partial charge in [0, 0.05) is 24.2 Å². The molecule has 0 spiro atoms. The Bertz CT molecular complexity index is 1380. The first-order chi connectivity index (χ1) is 15.2. The van der Waals surface area contributed by atoms with E-state index >= 15 is 0 Å². The molecule has 4 heterocycles. The fourth-order valence-electron chi connectivity index (χ4n) is 3.47. The van der Waals surface area contributed by atoms with Gasteiger partial charge < -0.3 is 9.47 Å². The van der Waals surface area contributed by atoms with E-state index < -0.39 is 0 Å². The summed E-state index contributed by atoms with van der Waals surface area (Å²) in [5.41, 5.74) is 4.77. The van der Waals surface area contributed by atoms with Crippen LogP contribution in [-0.4, -0.2) is 48.3 Å². The maximum absolute atomic E-state index is 5.44. The Morgan fingerprint density at radius 3 is 2.52 bits per heavy atom. The number of imidazole rings is 2. The van der Waals surface area contributed by atoms with Crippen molar-refractivity contribution >= 4 is 5.65 Å². The van der Waals surface area contributed by atoms with Gasteiger partial charge in [0.15, 0.2) is 17.1 Å². The number of methoxy groups -OCH3 is 2. The van der Waals surface area contributed by atoms with E-state index in [4.69, 9.17) is 19.6 Å². The Hall–Kier alpha value is -4.27. The molecule has 0 amide bonds. The van der Waals surface area contributed by atoms with Crippen molar-refractivity contribution in [1.29, 1.82) is 0 Å². The van der Waals surface area contributed by atoms with Crippen molar-refractivity contribution in [3.05, 3.63) is 67.0 Å². The maximum Gasteiger partial charge on any atom is 0.235 e. The first-order valence-corrected chi connectivity index (χ1v) is 9.58. The quantitative estimate of drug-likeness (QED) is 0.436. The van der Waals surface area contributed by atoms with E-state index in [1.807, 2.05) is 43.3 Å². The standard InChI is InChI=1S/C22H19N7O2/c1-14-21(17-8-9-24-22(26-17)28-11-10-23-13-28)29-20(25-14)7-5-16(27-29)15-4-6-18(30-2)19(12-15)31-3/h4-13H,1-3H3. The van der Waals surface area contributed by atoms with Gasteiger partial charge in [-0.25, -0.2) is 24.5 Å². The van der Waals surface area contributed by atoms with Gasteiger partial charge in [0.25, 0.3) is 0 Å². The summed E-state index contributed by atoms with van der Waals surface area (Å²) in [5, 5.41) is 4.84. The summed E-state index contributed by atoms with van der Waals surface area (Å²) < 4.78 is 14.3. The lowest BCUT2D eigenvalue weighted by Gasteiger charge is -2.10. The largest absolute Gasteiger partial charge is 0.493 e. The molecule has 0 radical (unpaired) electrons. The summed E-state index contributed by atoms with van der Waals surface area (Å²) in [5.74, 6) is 1.84. The van der Waals surface area contributed by atoms with Gasteiger partial charge in [-0.05, 0) is 43.3 Å². The Labute approximate surface area is 178 Å². The molecule has 0 N–H and O–H groups in total. The van der Waals surface area contributed by atoms with Crippen molar-refractivity contribution in [2.45, 2.75) is 6.92 Å². The van der Waals surface area contributed by atoms with E-state index in [-0.39, 0.29) is 0 Å². The number of nitrogens with zero attached hydrogens (tertiary/aromatic N) is 7. The number of ether oxygens (including phenoxy) is 2. The Morgan fingerprint density at radius 1 is 0.871 bits per heavy atom. The second kappa shape index (κ2) is 7.52. The number of benzene rings is 1. The van der Waals surface area contributed by atoms with Crippen LogP contribution in [0.4, 0.5) is 0 Å². The van der Waals surface area contributed by atoms with Crippen molar-refractivity contribution in [3.8, 4) is 40.1 Å². The van der Waals surface area contributed by atoms with Gasteiger partial charge in [-0.3, -0.25) is 4.57 Å². The van der Waals surface area contributed by atoms with Crippen LogP contribution in [0.1, 0.15) is 5.69 Å². The summed E-state index contributed by atoms with van der Waals surface area (Å²) in [7, 11) is 3.23. The molecular formula is C22H19N7O2. The van der Waals surface area contributed by atoms with E-state index in [2.05, 4.69) is 15.0 Å². The highest BCUT2D eigenvalue weighted by Crippen LogP contribution is 2.32.